The van der Waals surface area contributed by atoms with E-state index in [0.29, 0.717) is 11.3 Å². The Hall–Kier alpha value is -2.28. The summed E-state index contributed by atoms with van der Waals surface area (Å²) < 4.78 is 6.40. The van der Waals surface area contributed by atoms with E-state index in [1.165, 1.54) is 7.11 Å². The van der Waals surface area contributed by atoms with Gasteiger partial charge in [-0.25, -0.2) is 4.79 Å². The number of hydrogen-bond acceptors (Lipinski definition) is 3. The first kappa shape index (κ1) is 10.2. The minimum Gasteiger partial charge on any atom is -0.464 e. The molecule has 1 heterocycles. The molecule has 2 aromatic rings. The van der Waals surface area contributed by atoms with Crippen LogP contribution in [0.25, 0.3) is 10.9 Å². The molecule has 1 aromatic carbocycles. The van der Waals surface area contributed by atoms with E-state index < -0.39 is 0 Å². The Kier molecular flexibility index (Phi) is 2.37. The number of aryl methyl sites for hydroxylation is 1. The number of carbonyl (C=O) groups is 1. The van der Waals surface area contributed by atoms with Crippen LogP contribution in [0, 0.1) is 11.3 Å². The fourth-order valence-electron chi connectivity index (χ4n) is 1.70. The van der Waals surface area contributed by atoms with Gasteiger partial charge in [0.15, 0.2) is 0 Å². The summed E-state index contributed by atoms with van der Waals surface area (Å²) in [5.74, 6) is -0.378. The second-order valence-electron chi connectivity index (χ2n) is 3.47. The highest BCUT2D eigenvalue weighted by Gasteiger charge is 2.13. The quantitative estimate of drug-likeness (QED) is 0.680. The Balaban J connectivity index is 2.70. The molecule has 0 saturated carbocycles. The summed E-state index contributed by atoms with van der Waals surface area (Å²) in [6, 6.07) is 9.12. The van der Waals surface area contributed by atoms with Crippen molar-refractivity contribution >= 4 is 16.9 Å². The van der Waals surface area contributed by atoms with Crippen LogP contribution in [0.2, 0.25) is 0 Å². The van der Waals surface area contributed by atoms with E-state index in [9.17, 15) is 4.79 Å². The first-order valence-electron chi connectivity index (χ1n) is 4.75. The lowest BCUT2D eigenvalue weighted by atomic mass is 10.2. The molecule has 0 aliphatic carbocycles. The SMILES string of the molecule is COC(=O)c1cc2ccc(C#N)cc2n1C. The molecule has 16 heavy (non-hydrogen) atoms. The standard InChI is InChI=1S/C12H10N2O2/c1-14-10-5-8(7-13)3-4-9(10)6-11(14)12(15)16-2/h3-6H,1-2H3. The predicted molar refractivity (Wildman–Crippen MR) is 59.0 cm³/mol. The van der Waals surface area contributed by atoms with E-state index in [-0.39, 0.29) is 5.97 Å². The summed E-state index contributed by atoms with van der Waals surface area (Å²) in [4.78, 5) is 11.5. The third-order valence-corrected chi connectivity index (χ3v) is 2.57. The second kappa shape index (κ2) is 3.70. The average molecular weight is 214 g/mol. The Bertz CT molecular complexity index is 605. The van der Waals surface area contributed by atoms with Crippen molar-refractivity contribution in [3.05, 3.63) is 35.5 Å². The summed E-state index contributed by atoms with van der Waals surface area (Å²) in [7, 11) is 3.12. The number of hydrogen-bond donors (Lipinski definition) is 0. The highest BCUT2D eigenvalue weighted by molar-refractivity contribution is 5.95. The van der Waals surface area contributed by atoms with Gasteiger partial charge in [0.05, 0.1) is 18.7 Å². The lowest BCUT2D eigenvalue weighted by Crippen LogP contribution is -2.06. The molecule has 0 aliphatic rings. The maximum Gasteiger partial charge on any atom is 0.354 e. The van der Waals surface area contributed by atoms with Gasteiger partial charge in [0.1, 0.15) is 5.69 Å². The first-order chi connectivity index (χ1) is 7.67. The van der Waals surface area contributed by atoms with Crippen molar-refractivity contribution in [1.82, 2.24) is 4.57 Å². The molecule has 1 aromatic heterocycles. The largest absolute Gasteiger partial charge is 0.464 e. The molecule has 4 nitrogen and oxygen atoms in total. The van der Waals surface area contributed by atoms with E-state index in [4.69, 9.17) is 5.26 Å². The highest BCUT2D eigenvalue weighted by atomic mass is 16.5. The van der Waals surface area contributed by atoms with Crippen molar-refractivity contribution in [2.75, 3.05) is 7.11 Å². The molecule has 0 bridgehead atoms. The summed E-state index contributed by atoms with van der Waals surface area (Å²) >= 11 is 0. The van der Waals surface area contributed by atoms with Crippen LogP contribution < -0.4 is 0 Å². The van der Waals surface area contributed by atoms with Crippen molar-refractivity contribution in [2.45, 2.75) is 0 Å². The summed E-state index contributed by atoms with van der Waals surface area (Å²) in [6.07, 6.45) is 0. The smallest absolute Gasteiger partial charge is 0.354 e. The lowest BCUT2D eigenvalue weighted by Gasteiger charge is -2.01. The van der Waals surface area contributed by atoms with Crippen molar-refractivity contribution in [3.8, 4) is 6.07 Å². The van der Waals surface area contributed by atoms with Gasteiger partial charge >= 0.3 is 5.97 Å². The Labute approximate surface area is 92.7 Å². The third-order valence-electron chi connectivity index (χ3n) is 2.57. The molecular weight excluding hydrogens is 204 g/mol. The number of rotatable bonds is 1. The van der Waals surface area contributed by atoms with Crippen LogP contribution in [0.15, 0.2) is 24.3 Å². The Morgan fingerprint density at radius 2 is 2.19 bits per heavy atom. The fraction of sp³-hybridized carbons (Fsp3) is 0.167. The molecule has 0 radical (unpaired) electrons. The molecule has 0 unspecified atom stereocenters. The summed E-state index contributed by atoms with van der Waals surface area (Å²) in [5, 5.41) is 9.72. The minimum atomic E-state index is -0.378. The second-order valence-corrected chi connectivity index (χ2v) is 3.47. The van der Waals surface area contributed by atoms with Gasteiger partial charge in [0.2, 0.25) is 0 Å². The zero-order valence-electron chi connectivity index (χ0n) is 9.02. The summed E-state index contributed by atoms with van der Waals surface area (Å²) in [5.41, 5.74) is 1.90. The van der Waals surface area contributed by atoms with E-state index in [1.54, 1.807) is 29.8 Å². The van der Waals surface area contributed by atoms with Gasteiger partial charge < -0.3 is 9.30 Å². The van der Waals surface area contributed by atoms with Crippen molar-refractivity contribution in [2.24, 2.45) is 7.05 Å². The lowest BCUT2D eigenvalue weighted by molar-refractivity contribution is 0.0590. The maximum atomic E-state index is 11.5. The first-order valence-corrected chi connectivity index (χ1v) is 4.75. The average Bonchev–Trinajstić information content (AvgIpc) is 2.65. The Morgan fingerprint density at radius 1 is 1.44 bits per heavy atom. The van der Waals surface area contributed by atoms with Crippen LogP contribution in [0.3, 0.4) is 0 Å². The highest BCUT2D eigenvalue weighted by Crippen LogP contribution is 2.20. The van der Waals surface area contributed by atoms with Gasteiger partial charge in [0.25, 0.3) is 0 Å². The molecule has 0 fully saturated rings. The molecule has 0 aliphatic heterocycles. The number of benzene rings is 1. The van der Waals surface area contributed by atoms with E-state index in [1.807, 2.05) is 6.07 Å². The van der Waals surface area contributed by atoms with Crippen LogP contribution in [0.5, 0.6) is 0 Å². The minimum absolute atomic E-state index is 0.378. The molecule has 0 N–H and O–H groups in total. The van der Waals surface area contributed by atoms with E-state index in [2.05, 4.69) is 10.8 Å². The summed E-state index contributed by atoms with van der Waals surface area (Å²) in [6.45, 7) is 0. The third kappa shape index (κ3) is 1.43. The fourth-order valence-corrected chi connectivity index (χ4v) is 1.70. The number of nitrogens with zero attached hydrogens (tertiary/aromatic N) is 2. The molecule has 0 atom stereocenters. The van der Waals surface area contributed by atoms with Crippen LogP contribution in [0.1, 0.15) is 16.1 Å². The van der Waals surface area contributed by atoms with Crippen LogP contribution in [-0.2, 0) is 11.8 Å². The van der Waals surface area contributed by atoms with Gasteiger partial charge in [-0.2, -0.15) is 5.26 Å². The maximum absolute atomic E-state index is 11.5. The Morgan fingerprint density at radius 3 is 2.81 bits per heavy atom. The number of nitriles is 1. The predicted octanol–water partition coefficient (Wildman–Crippen LogP) is 1.84. The topological polar surface area (TPSA) is 55.0 Å². The molecule has 80 valence electrons. The van der Waals surface area contributed by atoms with Gasteiger partial charge in [-0.1, -0.05) is 6.07 Å². The molecule has 0 saturated heterocycles. The van der Waals surface area contributed by atoms with Gasteiger partial charge in [-0.15, -0.1) is 0 Å². The molecular formula is C12H10N2O2. The van der Waals surface area contributed by atoms with Crippen molar-refractivity contribution in [3.63, 3.8) is 0 Å². The number of methoxy groups -OCH3 is 1. The number of esters is 1. The van der Waals surface area contributed by atoms with Gasteiger partial charge in [0, 0.05) is 18.0 Å². The number of aromatic nitrogens is 1. The number of fused-ring (bicyclic) bond motifs is 1. The van der Waals surface area contributed by atoms with Crippen LogP contribution in [0.4, 0.5) is 0 Å². The number of carbonyl (C=O) groups excluding carboxylic acids is 1. The van der Waals surface area contributed by atoms with Gasteiger partial charge in [-0.05, 0) is 18.2 Å². The monoisotopic (exact) mass is 214 g/mol. The normalized spacial score (nSPS) is 10.1. The number of ether oxygens (including phenoxy) is 1. The van der Waals surface area contributed by atoms with E-state index >= 15 is 0 Å². The molecule has 0 spiro atoms. The zero-order chi connectivity index (χ0) is 11.7. The van der Waals surface area contributed by atoms with Crippen molar-refractivity contribution < 1.29 is 9.53 Å². The van der Waals surface area contributed by atoms with Crippen LogP contribution >= 0.6 is 0 Å². The zero-order valence-corrected chi connectivity index (χ0v) is 9.02. The van der Waals surface area contributed by atoms with E-state index in [0.717, 1.165) is 10.9 Å². The van der Waals surface area contributed by atoms with Gasteiger partial charge in [-0.3, -0.25) is 0 Å². The van der Waals surface area contributed by atoms with Crippen LogP contribution in [-0.4, -0.2) is 17.6 Å². The molecule has 0 amide bonds. The van der Waals surface area contributed by atoms with Crippen molar-refractivity contribution in [1.29, 1.82) is 5.26 Å². The molecule has 2 rings (SSSR count). The molecule has 4 heteroatoms.